The smallest absolute Gasteiger partial charge is 0.330 e. The Morgan fingerprint density at radius 1 is 0.767 bits per heavy atom. The lowest BCUT2D eigenvalue weighted by molar-refractivity contribution is -0.157. The molecule has 0 saturated heterocycles. The van der Waals surface area contributed by atoms with Gasteiger partial charge in [0.25, 0.3) is 0 Å². The number of hydrogen-bond donors (Lipinski definition) is 0. The SMILES string of the molecule is C/C=C/C(=O)O[C@H]1CC[C@H]([C@H]2CC[C@H](C(=O)O[C@H]3CC[C@H](CCC)CC3)CC2)CC1. The predicted molar refractivity (Wildman–Crippen MR) is 119 cm³/mol. The van der Waals surface area contributed by atoms with Crippen LogP contribution in [0.4, 0.5) is 0 Å². The molecule has 3 saturated carbocycles. The maximum Gasteiger partial charge on any atom is 0.330 e. The Bertz CT molecular complexity index is 560. The van der Waals surface area contributed by atoms with Crippen molar-refractivity contribution in [1.29, 1.82) is 0 Å². The molecular formula is C26H42O4. The van der Waals surface area contributed by atoms with E-state index in [-0.39, 0.29) is 30.1 Å². The van der Waals surface area contributed by atoms with E-state index in [4.69, 9.17) is 9.47 Å². The van der Waals surface area contributed by atoms with Crippen LogP contribution in [0.3, 0.4) is 0 Å². The van der Waals surface area contributed by atoms with Gasteiger partial charge in [0.05, 0.1) is 5.92 Å². The van der Waals surface area contributed by atoms with E-state index in [1.807, 2.05) is 6.92 Å². The van der Waals surface area contributed by atoms with Crippen LogP contribution in [0.2, 0.25) is 0 Å². The van der Waals surface area contributed by atoms with E-state index in [1.54, 1.807) is 6.08 Å². The number of carbonyl (C=O) groups excluding carboxylic acids is 2. The molecule has 0 N–H and O–H groups in total. The van der Waals surface area contributed by atoms with E-state index in [0.29, 0.717) is 0 Å². The van der Waals surface area contributed by atoms with Gasteiger partial charge < -0.3 is 9.47 Å². The zero-order valence-electron chi connectivity index (χ0n) is 19.2. The van der Waals surface area contributed by atoms with E-state index in [2.05, 4.69) is 6.92 Å². The highest BCUT2D eigenvalue weighted by Crippen LogP contribution is 2.41. The first kappa shape index (κ1) is 23.3. The maximum atomic E-state index is 12.7. The van der Waals surface area contributed by atoms with Gasteiger partial charge in [-0.3, -0.25) is 4.79 Å². The molecule has 30 heavy (non-hydrogen) atoms. The fraction of sp³-hybridized carbons (Fsp3) is 0.846. The van der Waals surface area contributed by atoms with Crippen LogP contribution in [-0.2, 0) is 19.1 Å². The summed E-state index contributed by atoms with van der Waals surface area (Å²) in [7, 11) is 0. The zero-order chi connectivity index (χ0) is 21.3. The van der Waals surface area contributed by atoms with Crippen LogP contribution in [0.1, 0.15) is 104 Å². The number of allylic oxidation sites excluding steroid dienone is 1. The average Bonchev–Trinajstić information content (AvgIpc) is 2.76. The van der Waals surface area contributed by atoms with Crippen LogP contribution in [0.25, 0.3) is 0 Å². The number of hydrogen-bond acceptors (Lipinski definition) is 4. The first-order valence-corrected chi connectivity index (χ1v) is 12.6. The monoisotopic (exact) mass is 418 g/mol. The molecule has 0 unspecified atom stereocenters. The average molecular weight is 419 g/mol. The second-order valence-electron chi connectivity index (χ2n) is 9.95. The lowest BCUT2D eigenvalue weighted by atomic mass is 9.70. The molecule has 3 fully saturated rings. The summed E-state index contributed by atoms with van der Waals surface area (Å²) in [6.45, 7) is 4.09. The summed E-state index contributed by atoms with van der Waals surface area (Å²) >= 11 is 0. The van der Waals surface area contributed by atoms with Crippen molar-refractivity contribution < 1.29 is 19.1 Å². The molecule has 0 radical (unpaired) electrons. The van der Waals surface area contributed by atoms with Crippen LogP contribution < -0.4 is 0 Å². The van der Waals surface area contributed by atoms with Crippen LogP contribution in [0.15, 0.2) is 12.2 Å². The molecule has 0 heterocycles. The zero-order valence-corrected chi connectivity index (χ0v) is 19.2. The Morgan fingerprint density at radius 3 is 1.87 bits per heavy atom. The minimum Gasteiger partial charge on any atom is -0.462 e. The van der Waals surface area contributed by atoms with Crippen molar-refractivity contribution in [2.45, 2.75) is 116 Å². The summed E-state index contributed by atoms with van der Waals surface area (Å²) < 4.78 is 11.4. The van der Waals surface area contributed by atoms with Gasteiger partial charge in [-0.05, 0) is 102 Å². The molecule has 3 rings (SSSR count). The lowest BCUT2D eigenvalue weighted by Gasteiger charge is -2.37. The molecule has 0 aromatic rings. The third-order valence-electron chi connectivity index (χ3n) is 7.85. The molecule has 0 atom stereocenters. The standard InChI is InChI=1S/C26H42O4/c1-3-5-19-7-15-24(16-8-19)30-26(28)22-11-9-20(10-12-22)21-13-17-23(18-14-21)29-25(27)6-4-2/h4,6,19-24H,3,5,7-18H2,1-2H3/b6-4+/t19-,20-,21-,22-,23-,24-. The van der Waals surface area contributed by atoms with Crippen molar-refractivity contribution in [2.75, 3.05) is 0 Å². The number of esters is 2. The molecule has 0 aliphatic heterocycles. The molecule has 170 valence electrons. The van der Waals surface area contributed by atoms with Crippen LogP contribution >= 0.6 is 0 Å². The van der Waals surface area contributed by atoms with Gasteiger partial charge in [0, 0.05) is 6.08 Å². The fourth-order valence-corrected chi connectivity index (χ4v) is 6.05. The van der Waals surface area contributed by atoms with Gasteiger partial charge in [0.15, 0.2) is 0 Å². The third kappa shape index (κ3) is 6.85. The van der Waals surface area contributed by atoms with Crippen LogP contribution in [0, 0.1) is 23.7 Å². The second kappa shape index (κ2) is 11.9. The Balaban J connectivity index is 1.33. The van der Waals surface area contributed by atoms with Gasteiger partial charge in [-0.2, -0.15) is 0 Å². The maximum absolute atomic E-state index is 12.7. The van der Waals surface area contributed by atoms with Crippen molar-refractivity contribution in [3.8, 4) is 0 Å². The number of carbonyl (C=O) groups is 2. The highest BCUT2D eigenvalue weighted by molar-refractivity contribution is 5.81. The van der Waals surface area contributed by atoms with Gasteiger partial charge in [0.2, 0.25) is 0 Å². The van der Waals surface area contributed by atoms with E-state index in [9.17, 15) is 9.59 Å². The molecule has 0 spiro atoms. The second-order valence-corrected chi connectivity index (χ2v) is 9.95. The summed E-state index contributed by atoms with van der Waals surface area (Å²) in [6.07, 6.45) is 19.2. The molecule has 0 bridgehead atoms. The largest absolute Gasteiger partial charge is 0.462 e. The summed E-state index contributed by atoms with van der Waals surface area (Å²) in [5, 5.41) is 0. The molecule has 4 heteroatoms. The van der Waals surface area contributed by atoms with Crippen molar-refractivity contribution in [3.63, 3.8) is 0 Å². The fourth-order valence-electron chi connectivity index (χ4n) is 6.05. The number of rotatable bonds is 7. The van der Waals surface area contributed by atoms with Gasteiger partial charge in [0.1, 0.15) is 12.2 Å². The quantitative estimate of drug-likeness (QED) is 0.356. The minimum absolute atomic E-state index is 0.0759. The molecular weight excluding hydrogens is 376 g/mol. The third-order valence-corrected chi connectivity index (χ3v) is 7.85. The Kier molecular flexibility index (Phi) is 9.27. The minimum atomic E-state index is -0.209. The summed E-state index contributed by atoms with van der Waals surface area (Å²) in [5.41, 5.74) is 0. The molecule has 0 aromatic heterocycles. The molecule has 3 aliphatic rings. The molecule has 4 nitrogen and oxygen atoms in total. The van der Waals surface area contributed by atoms with E-state index < -0.39 is 0 Å². The van der Waals surface area contributed by atoms with Gasteiger partial charge in [-0.15, -0.1) is 0 Å². The van der Waals surface area contributed by atoms with Gasteiger partial charge in [-0.25, -0.2) is 4.79 Å². The predicted octanol–water partition coefficient (Wildman–Crippen LogP) is 6.37. The summed E-state index contributed by atoms with van der Waals surface area (Å²) in [5.74, 6) is 2.29. The molecule has 0 aromatic carbocycles. The van der Waals surface area contributed by atoms with Crippen molar-refractivity contribution in [3.05, 3.63) is 12.2 Å². The first-order valence-electron chi connectivity index (χ1n) is 12.6. The highest BCUT2D eigenvalue weighted by Gasteiger charge is 2.35. The van der Waals surface area contributed by atoms with Crippen LogP contribution in [0.5, 0.6) is 0 Å². The Morgan fingerprint density at radius 2 is 1.30 bits per heavy atom. The van der Waals surface area contributed by atoms with Crippen molar-refractivity contribution in [1.82, 2.24) is 0 Å². The van der Waals surface area contributed by atoms with Gasteiger partial charge >= 0.3 is 11.9 Å². The Labute approximate surface area is 183 Å². The highest BCUT2D eigenvalue weighted by atomic mass is 16.5. The van der Waals surface area contributed by atoms with Crippen LogP contribution in [-0.4, -0.2) is 24.1 Å². The topological polar surface area (TPSA) is 52.6 Å². The van der Waals surface area contributed by atoms with E-state index in [1.165, 1.54) is 31.8 Å². The van der Waals surface area contributed by atoms with Gasteiger partial charge in [-0.1, -0.05) is 25.8 Å². The first-order chi connectivity index (χ1) is 14.6. The summed E-state index contributed by atoms with van der Waals surface area (Å²) in [6, 6.07) is 0. The number of ether oxygens (including phenoxy) is 2. The lowest BCUT2D eigenvalue weighted by Crippen LogP contribution is -2.33. The Hall–Kier alpha value is -1.32. The molecule has 0 amide bonds. The van der Waals surface area contributed by atoms with Crippen molar-refractivity contribution >= 4 is 11.9 Å². The summed E-state index contributed by atoms with van der Waals surface area (Å²) in [4.78, 5) is 24.3. The van der Waals surface area contributed by atoms with Crippen molar-refractivity contribution in [2.24, 2.45) is 23.7 Å². The van der Waals surface area contributed by atoms with E-state index >= 15 is 0 Å². The molecule has 3 aliphatic carbocycles. The van der Waals surface area contributed by atoms with E-state index in [0.717, 1.165) is 82.0 Å². The normalized spacial score (nSPS) is 35.1.